The third-order valence-corrected chi connectivity index (χ3v) is 0. The molecule has 4 heavy (non-hydrogen) atoms. The molecular formula is C3H12V. The fourth-order valence-corrected chi connectivity index (χ4v) is 0. The molecule has 0 nitrogen and oxygen atoms in total. The predicted molar refractivity (Wildman–Crippen MR) is 20.2 cm³/mol. The first-order valence-corrected chi connectivity index (χ1v) is 0. The molecule has 0 aliphatic carbocycles. The van der Waals surface area contributed by atoms with Crippen molar-refractivity contribution in [3.63, 3.8) is 0 Å². The summed E-state index contributed by atoms with van der Waals surface area (Å²) in [6.07, 6.45) is 0. The molecule has 0 aromatic rings. The maximum Gasteiger partial charge on any atom is 0 e. The van der Waals surface area contributed by atoms with E-state index in [0.717, 1.165) is 0 Å². The summed E-state index contributed by atoms with van der Waals surface area (Å²) in [6.45, 7) is 0. The smallest absolute Gasteiger partial charge is 0 e. The van der Waals surface area contributed by atoms with Gasteiger partial charge < -0.3 is 0 Å². The molecule has 0 heterocycles. The van der Waals surface area contributed by atoms with Crippen molar-refractivity contribution in [2.24, 2.45) is 0 Å². The van der Waals surface area contributed by atoms with Crippen LogP contribution in [-0.4, -0.2) is 0 Å². The van der Waals surface area contributed by atoms with Crippen LogP contribution in [-0.2, 0) is 18.6 Å². The fourth-order valence-electron chi connectivity index (χ4n) is 0. The van der Waals surface area contributed by atoms with E-state index in [-0.39, 0.29) is 40.8 Å². The van der Waals surface area contributed by atoms with Crippen LogP contribution in [0.25, 0.3) is 0 Å². The molecule has 29 valence electrons. The van der Waals surface area contributed by atoms with Gasteiger partial charge in [0, 0.05) is 18.6 Å². The molecule has 0 aromatic heterocycles. The fraction of sp³-hybridized carbons (Fsp3) is 1.00. The van der Waals surface area contributed by atoms with Crippen molar-refractivity contribution in [3.8, 4) is 0 Å². The molecule has 0 unspecified atom stereocenters. The Morgan fingerprint density at radius 1 is 0.500 bits per heavy atom. The van der Waals surface area contributed by atoms with Crippen LogP contribution in [0.15, 0.2) is 0 Å². The minimum Gasteiger partial charge on any atom is -0.0776 e. The monoisotopic (exact) mass is 99.0 g/mol. The van der Waals surface area contributed by atoms with Gasteiger partial charge in [-0.25, -0.2) is 0 Å². The summed E-state index contributed by atoms with van der Waals surface area (Å²) < 4.78 is 0. The molecule has 0 spiro atoms. The van der Waals surface area contributed by atoms with Gasteiger partial charge in [0.2, 0.25) is 0 Å². The predicted octanol–water partition coefficient (Wildman–Crippen LogP) is 1.91. The molecule has 1 radical (unpaired) electrons. The van der Waals surface area contributed by atoms with E-state index in [1.54, 1.807) is 0 Å². The Balaban J connectivity index is 0. The van der Waals surface area contributed by atoms with Gasteiger partial charge in [-0.2, -0.15) is 0 Å². The Bertz CT molecular complexity index is 3.25. The Kier molecular flexibility index (Phi) is 3020. The van der Waals surface area contributed by atoms with Gasteiger partial charge in [-0.3, -0.25) is 0 Å². The first kappa shape index (κ1) is 172. The second-order valence-corrected chi connectivity index (χ2v) is 0. The second-order valence-electron chi connectivity index (χ2n) is 0. The Hall–Kier alpha value is 0.584. The molecule has 0 rings (SSSR count). The molecule has 0 aliphatic rings. The SMILES string of the molecule is C.C.C.[V]. The van der Waals surface area contributed by atoms with E-state index in [1.165, 1.54) is 0 Å². The minimum absolute atomic E-state index is 0. The molecule has 0 amide bonds. The first-order chi connectivity index (χ1) is 0. The van der Waals surface area contributed by atoms with Crippen LogP contribution >= 0.6 is 0 Å². The zero-order valence-corrected chi connectivity index (χ0v) is 1.84. The second kappa shape index (κ2) is 70.1. The van der Waals surface area contributed by atoms with E-state index >= 15 is 0 Å². The minimum atomic E-state index is 0. The number of rotatable bonds is 0. The molecule has 0 aromatic carbocycles. The summed E-state index contributed by atoms with van der Waals surface area (Å²) in [6, 6.07) is 0. The van der Waals surface area contributed by atoms with Crippen LogP contribution < -0.4 is 0 Å². The van der Waals surface area contributed by atoms with E-state index in [1.807, 2.05) is 0 Å². The summed E-state index contributed by atoms with van der Waals surface area (Å²) in [7, 11) is 0. The zero-order valence-electron chi connectivity index (χ0n) is 0.447. The van der Waals surface area contributed by atoms with Crippen LogP contribution in [0.3, 0.4) is 0 Å². The van der Waals surface area contributed by atoms with Crippen molar-refractivity contribution >= 4 is 0 Å². The Morgan fingerprint density at radius 2 is 0.500 bits per heavy atom. The zero-order chi connectivity index (χ0) is 0. The van der Waals surface area contributed by atoms with E-state index in [9.17, 15) is 0 Å². The van der Waals surface area contributed by atoms with Crippen LogP contribution in [0.2, 0.25) is 0 Å². The van der Waals surface area contributed by atoms with Gasteiger partial charge >= 0.3 is 0 Å². The maximum atomic E-state index is 0. The van der Waals surface area contributed by atoms with Crippen molar-refractivity contribution in [3.05, 3.63) is 0 Å². The number of hydrogen-bond donors (Lipinski definition) is 0. The van der Waals surface area contributed by atoms with E-state index in [0.29, 0.717) is 0 Å². The van der Waals surface area contributed by atoms with Gasteiger partial charge in [0.25, 0.3) is 0 Å². The third-order valence-electron chi connectivity index (χ3n) is 0. The molecular weight excluding hydrogens is 87.0 g/mol. The van der Waals surface area contributed by atoms with E-state index in [2.05, 4.69) is 0 Å². The van der Waals surface area contributed by atoms with E-state index in [4.69, 9.17) is 0 Å². The van der Waals surface area contributed by atoms with Crippen molar-refractivity contribution in [2.45, 2.75) is 22.3 Å². The topological polar surface area (TPSA) is 0 Å². The molecule has 0 fully saturated rings. The van der Waals surface area contributed by atoms with Crippen molar-refractivity contribution in [1.82, 2.24) is 0 Å². The molecule has 0 aliphatic heterocycles. The molecule has 1 heteroatoms. The van der Waals surface area contributed by atoms with Crippen LogP contribution in [0.4, 0.5) is 0 Å². The molecule has 0 N–H and O–H groups in total. The summed E-state index contributed by atoms with van der Waals surface area (Å²) in [4.78, 5) is 0. The standard InChI is InChI=1S/3CH4.V/h3*1H4;. The van der Waals surface area contributed by atoms with Crippen LogP contribution in [0, 0.1) is 0 Å². The number of hydrogen-bond acceptors (Lipinski definition) is 0. The maximum absolute atomic E-state index is 0. The molecule has 0 saturated heterocycles. The molecule has 0 saturated carbocycles. The van der Waals surface area contributed by atoms with E-state index < -0.39 is 0 Å². The summed E-state index contributed by atoms with van der Waals surface area (Å²) in [5.41, 5.74) is 0. The van der Waals surface area contributed by atoms with Gasteiger partial charge in [-0.05, 0) is 0 Å². The van der Waals surface area contributed by atoms with Crippen LogP contribution in [0.1, 0.15) is 22.3 Å². The van der Waals surface area contributed by atoms with Gasteiger partial charge in [-0.1, -0.05) is 22.3 Å². The van der Waals surface area contributed by atoms with Crippen LogP contribution in [0.5, 0.6) is 0 Å². The third kappa shape index (κ3) is 19.0. The Morgan fingerprint density at radius 3 is 0.500 bits per heavy atom. The summed E-state index contributed by atoms with van der Waals surface area (Å²) in [5, 5.41) is 0. The van der Waals surface area contributed by atoms with Gasteiger partial charge in [0.05, 0.1) is 0 Å². The molecule has 0 atom stereocenters. The molecule has 0 bridgehead atoms. The normalized spacial score (nSPS) is 0. The average Bonchev–Trinajstić information content (AvgIpc) is 0. The van der Waals surface area contributed by atoms with Gasteiger partial charge in [-0.15, -0.1) is 0 Å². The van der Waals surface area contributed by atoms with Crippen molar-refractivity contribution in [1.29, 1.82) is 0 Å². The van der Waals surface area contributed by atoms with Crippen molar-refractivity contribution < 1.29 is 18.6 Å². The quantitative estimate of drug-likeness (QED) is 0.435. The first-order valence-electron chi connectivity index (χ1n) is 0. The summed E-state index contributed by atoms with van der Waals surface area (Å²) >= 11 is 0. The summed E-state index contributed by atoms with van der Waals surface area (Å²) in [5.74, 6) is 0. The van der Waals surface area contributed by atoms with Crippen molar-refractivity contribution in [2.75, 3.05) is 0 Å². The largest absolute Gasteiger partial charge is 0.0776 e. The average molecular weight is 99.1 g/mol. The van der Waals surface area contributed by atoms with Gasteiger partial charge in [0.1, 0.15) is 0 Å². The van der Waals surface area contributed by atoms with Gasteiger partial charge in [0.15, 0.2) is 0 Å². The Labute approximate surface area is 41.5 Å².